The molecule has 3 aromatic heterocycles. The zero-order valence-corrected chi connectivity index (χ0v) is 19.9. The topological polar surface area (TPSA) is 77.1 Å². The molecule has 0 aliphatic heterocycles. The second-order valence-electron chi connectivity index (χ2n) is 6.78. The molecule has 0 radical (unpaired) electrons. The Morgan fingerprint density at radius 3 is 2.94 bits per heavy atom. The number of halogens is 2. The Labute approximate surface area is 201 Å². The summed E-state index contributed by atoms with van der Waals surface area (Å²) in [7, 11) is 0. The highest BCUT2D eigenvalue weighted by Crippen LogP contribution is 2.33. The molecule has 4 aromatic rings. The van der Waals surface area contributed by atoms with Gasteiger partial charge in [-0.25, -0.2) is 4.98 Å². The van der Waals surface area contributed by atoms with Gasteiger partial charge in [-0.15, -0.1) is 17.9 Å². The lowest BCUT2D eigenvalue weighted by atomic mass is 10.2. The number of furan rings is 1. The van der Waals surface area contributed by atoms with Crippen LogP contribution in [0.2, 0.25) is 10.0 Å². The predicted molar refractivity (Wildman–Crippen MR) is 132 cm³/mol. The fourth-order valence-electron chi connectivity index (χ4n) is 3.04. The van der Waals surface area contributed by atoms with E-state index in [-0.39, 0.29) is 18.0 Å². The Hall–Kier alpha value is -2.52. The Balaban J connectivity index is 1.67. The molecule has 0 spiro atoms. The molecule has 164 valence electrons. The van der Waals surface area contributed by atoms with Gasteiger partial charge in [0.2, 0.25) is 5.91 Å². The monoisotopic (exact) mass is 505 g/mol. The zero-order chi connectivity index (χ0) is 22.8. The summed E-state index contributed by atoms with van der Waals surface area (Å²) in [6.45, 7) is 5.74. The summed E-state index contributed by atoms with van der Waals surface area (Å²) < 4.78 is 6.98. The van der Waals surface area contributed by atoms with E-state index in [0.29, 0.717) is 42.4 Å². The van der Waals surface area contributed by atoms with Gasteiger partial charge in [-0.1, -0.05) is 41.0 Å². The van der Waals surface area contributed by atoms with E-state index in [1.165, 1.54) is 27.7 Å². The fraction of sp³-hybridized carbons (Fsp3) is 0.136. The van der Waals surface area contributed by atoms with Crippen LogP contribution in [0.3, 0.4) is 0 Å². The number of anilines is 1. The molecule has 32 heavy (non-hydrogen) atoms. The zero-order valence-electron chi connectivity index (χ0n) is 16.8. The number of amides is 1. The van der Waals surface area contributed by atoms with Crippen molar-refractivity contribution in [2.24, 2.45) is 0 Å². The van der Waals surface area contributed by atoms with Crippen LogP contribution in [0.1, 0.15) is 6.92 Å². The van der Waals surface area contributed by atoms with E-state index in [1.54, 1.807) is 49.6 Å². The molecule has 1 atom stereocenters. The van der Waals surface area contributed by atoms with Crippen LogP contribution in [0, 0.1) is 0 Å². The number of nitrogens with one attached hydrogen (secondary N) is 1. The quantitative estimate of drug-likeness (QED) is 0.180. The molecule has 6 nitrogen and oxygen atoms in total. The number of allylic oxidation sites excluding steroid dienone is 1. The first-order chi connectivity index (χ1) is 15.4. The average Bonchev–Trinajstić information content (AvgIpc) is 3.43. The lowest BCUT2D eigenvalue weighted by Crippen LogP contribution is -2.26. The first kappa shape index (κ1) is 22.7. The van der Waals surface area contributed by atoms with Crippen LogP contribution >= 0.6 is 46.3 Å². The molecular weight excluding hydrogens is 489 g/mol. The van der Waals surface area contributed by atoms with E-state index < -0.39 is 5.25 Å². The number of hydrogen-bond acceptors (Lipinski definition) is 6. The summed E-state index contributed by atoms with van der Waals surface area (Å²) >= 11 is 14.7. The Kier molecular flexibility index (Phi) is 6.76. The van der Waals surface area contributed by atoms with Crippen molar-refractivity contribution in [1.82, 2.24) is 9.55 Å². The minimum Gasteiger partial charge on any atom is -0.464 e. The summed E-state index contributed by atoms with van der Waals surface area (Å²) in [6, 6.07) is 8.41. The van der Waals surface area contributed by atoms with Gasteiger partial charge in [0, 0.05) is 22.5 Å². The number of thiophene rings is 1. The van der Waals surface area contributed by atoms with Gasteiger partial charge in [-0.3, -0.25) is 14.2 Å². The molecule has 0 saturated heterocycles. The van der Waals surface area contributed by atoms with E-state index in [2.05, 4.69) is 16.9 Å². The number of aromatic nitrogens is 2. The molecule has 0 aliphatic carbocycles. The lowest BCUT2D eigenvalue weighted by Gasteiger charge is -2.15. The Morgan fingerprint density at radius 2 is 2.22 bits per heavy atom. The van der Waals surface area contributed by atoms with Crippen LogP contribution in [0.4, 0.5) is 5.69 Å². The van der Waals surface area contributed by atoms with Crippen molar-refractivity contribution in [2.75, 3.05) is 5.32 Å². The van der Waals surface area contributed by atoms with Gasteiger partial charge in [-0.2, -0.15) is 0 Å². The maximum Gasteiger partial charge on any atom is 0.263 e. The highest BCUT2D eigenvalue weighted by Gasteiger charge is 2.22. The van der Waals surface area contributed by atoms with Gasteiger partial charge >= 0.3 is 0 Å². The minimum absolute atomic E-state index is 0.212. The molecule has 1 unspecified atom stereocenters. The van der Waals surface area contributed by atoms with Crippen LogP contribution in [0.25, 0.3) is 21.5 Å². The molecule has 1 amide bonds. The van der Waals surface area contributed by atoms with Crippen LogP contribution in [0.5, 0.6) is 0 Å². The lowest BCUT2D eigenvalue weighted by molar-refractivity contribution is -0.115. The summed E-state index contributed by atoms with van der Waals surface area (Å²) in [6.07, 6.45) is 3.18. The van der Waals surface area contributed by atoms with Crippen molar-refractivity contribution >= 4 is 68.1 Å². The number of nitrogens with zero attached hydrogens (tertiary/aromatic N) is 2. The number of fused-ring (bicyclic) bond motifs is 1. The molecule has 0 saturated carbocycles. The Morgan fingerprint density at radius 1 is 1.41 bits per heavy atom. The second kappa shape index (κ2) is 9.54. The van der Waals surface area contributed by atoms with E-state index in [4.69, 9.17) is 27.6 Å². The first-order valence-electron chi connectivity index (χ1n) is 9.48. The molecular formula is C22H17Cl2N3O3S2. The van der Waals surface area contributed by atoms with Crippen LogP contribution in [-0.4, -0.2) is 20.7 Å². The van der Waals surface area contributed by atoms with Crippen molar-refractivity contribution < 1.29 is 9.21 Å². The van der Waals surface area contributed by atoms with Crippen molar-refractivity contribution in [1.29, 1.82) is 0 Å². The van der Waals surface area contributed by atoms with Gasteiger partial charge < -0.3 is 9.73 Å². The van der Waals surface area contributed by atoms with Crippen LogP contribution in [-0.2, 0) is 11.3 Å². The molecule has 4 rings (SSSR count). The number of carbonyl (C=O) groups excluding carboxylic acids is 1. The number of benzene rings is 1. The summed E-state index contributed by atoms with van der Waals surface area (Å²) in [5.74, 6) is 0.313. The summed E-state index contributed by atoms with van der Waals surface area (Å²) in [5, 5.41) is 5.82. The van der Waals surface area contributed by atoms with Crippen LogP contribution in [0.15, 0.2) is 69.0 Å². The third-order valence-electron chi connectivity index (χ3n) is 4.59. The molecule has 0 aliphatic rings. The molecule has 1 aromatic carbocycles. The van der Waals surface area contributed by atoms with Crippen molar-refractivity contribution in [3.63, 3.8) is 0 Å². The largest absolute Gasteiger partial charge is 0.464 e. The Bertz CT molecular complexity index is 1360. The highest BCUT2D eigenvalue weighted by atomic mass is 35.5. The van der Waals surface area contributed by atoms with E-state index in [0.717, 1.165) is 0 Å². The van der Waals surface area contributed by atoms with E-state index in [1.807, 2.05) is 5.38 Å². The van der Waals surface area contributed by atoms with Gasteiger partial charge in [0.25, 0.3) is 5.56 Å². The third-order valence-corrected chi connectivity index (χ3v) is 7.12. The van der Waals surface area contributed by atoms with Crippen molar-refractivity contribution in [2.45, 2.75) is 23.9 Å². The molecule has 1 N–H and O–H groups in total. The predicted octanol–water partition coefficient (Wildman–Crippen LogP) is 6.33. The maximum absolute atomic E-state index is 13.3. The number of thioether (sulfide) groups is 1. The van der Waals surface area contributed by atoms with Gasteiger partial charge in [0.05, 0.1) is 27.6 Å². The molecule has 0 bridgehead atoms. The SMILES string of the molecule is C=CCn1c(SC(C)C(=O)Nc2cc(Cl)ccc2Cl)nc2scc(-c3ccco3)c2c1=O. The number of hydrogen-bond donors (Lipinski definition) is 1. The fourth-order valence-corrected chi connectivity index (χ4v) is 5.26. The molecule has 10 heteroatoms. The standard InChI is InChI=1S/C22H17Cl2N3O3S2/c1-3-8-27-21(29)18-14(17-5-4-9-30-17)11-31-20(18)26-22(27)32-12(2)19(28)25-16-10-13(23)6-7-15(16)24/h3-7,9-12H,1,8H2,2H3,(H,25,28). The first-order valence-corrected chi connectivity index (χ1v) is 12.0. The third kappa shape index (κ3) is 4.49. The second-order valence-corrected chi connectivity index (χ2v) is 9.79. The molecule has 0 fully saturated rings. The van der Waals surface area contributed by atoms with Gasteiger partial charge in [0.15, 0.2) is 5.16 Å². The van der Waals surface area contributed by atoms with Gasteiger partial charge in [-0.05, 0) is 37.3 Å². The normalized spacial score (nSPS) is 12.1. The van der Waals surface area contributed by atoms with Crippen molar-refractivity contribution in [3.05, 3.63) is 75.0 Å². The van der Waals surface area contributed by atoms with Crippen molar-refractivity contribution in [3.8, 4) is 11.3 Å². The number of carbonyl (C=O) groups is 1. The maximum atomic E-state index is 13.3. The smallest absolute Gasteiger partial charge is 0.263 e. The summed E-state index contributed by atoms with van der Waals surface area (Å²) in [4.78, 5) is 31.4. The van der Waals surface area contributed by atoms with E-state index >= 15 is 0 Å². The number of rotatable bonds is 7. The average molecular weight is 506 g/mol. The summed E-state index contributed by atoms with van der Waals surface area (Å²) in [5.41, 5.74) is 0.906. The van der Waals surface area contributed by atoms with Gasteiger partial charge in [0.1, 0.15) is 10.6 Å². The van der Waals surface area contributed by atoms with Crippen LogP contribution < -0.4 is 10.9 Å². The minimum atomic E-state index is -0.560. The van der Waals surface area contributed by atoms with E-state index in [9.17, 15) is 9.59 Å². The highest BCUT2D eigenvalue weighted by molar-refractivity contribution is 8.00. The molecule has 3 heterocycles.